The van der Waals surface area contributed by atoms with Crippen LogP contribution in [0.5, 0.6) is 0 Å². The second-order valence-corrected chi connectivity index (χ2v) is 8.33. The highest BCUT2D eigenvalue weighted by molar-refractivity contribution is 4.96. The van der Waals surface area contributed by atoms with E-state index in [-0.39, 0.29) is 0 Å². The van der Waals surface area contributed by atoms with E-state index in [1.165, 1.54) is 0 Å². The molecule has 3 fully saturated rings. The predicted molar refractivity (Wildman–Crippen MR) is 101 cm³/mol. The lowest BCUT2D eigenvalue weighted by Gasteiger charge is -2.48. The smallest absolute Gasteiger partial charge is 0.187 e. The Hall–Kier alpha value is -0.640. The van der Waals surface area contributed by atoms with Gasteiger partial charge in [-0.15, -0.1) is 0 Å². The van der Waals surface area contributed by atoms with Crippen molar-refractivity contribution >= 4 is 0 Å². The number of hydrogen-bond donors (Lipinski definition) is 11. The molecule has 16 nitrogen and oxygen atoms in total. The molecule has 0 spiro atoms. The standard InChI is InChI=1S/C18H32O16/c19-1-4-7(22)10(25)12(27)17(31-4)33-14-9(24)6(3-21)30-16(29)15(14)34-18-13(28)11(26)8(23)5(2-20)32-18/h4-29H,1-3H2/t4-,5-,6-,7-,8-,9+,10+,11+,12-,13-,14+,15-,16?,17+,18-/m1/s1. The Bertz CT molecular complexity index is 637. The molecular formula is C18H32O16. The van der Waals surface area contributed by atoms with Crippen molar-refractivity contribution < 1.29 is 79.9 Å². The molecule has 200 valence electrons. The molecule has 15 atom stereocenters. The lowest BCUT2D eigenvalue weighted by molar-refractivity contribution is -0.387. The van der Waals surface area contributed by atoms with Gasteiger partial charge in [-0.1, -0.05) is 0 Å². The van der Waals surface area contributed by atoms with E-state index in [1.807, 2.05) is 0 Å². The second kappa shape index (κ2) is 11.6. The van der Waals surface area contributed by atoms with Crippen molar-refractivity contribution in [1.29, 1.82) is 0 Å². The molecule has 0 aromatic heterocycles. The van der Waals surface area contributed by atoms with Crippen molar-refractivity contribution in [2.45, 2.75) is 92.1 Å². The maximum Gasteiger partial charge on any atom is 0.187 e. The van der Waals surface area contributed by atoms with Gasteiger partial charge in [-0.3, -0.25) is 0 Å². The van der Waals surface area contributed by atoms with Gasteiger partial charge in [0.05, 0.1) is 19.8 Å². The lowest BCUT2D eigenvalue weighted by Crippen LogP contribution is -2.67. The Balaban J connectivity index is 1.83. The minimum absolute atomic E-state index is 0.769. The largest absolute Gasteiger partial charge is 0.394 e. The van der Waals surface area contributed by atoms with Crippen LogP contribution in [0.15, 0.2) is 0 Å². The van der Waals surface area contributed by atoms with E-state index >= 15 is 0 Å². The molecule has 3 aliphatic heterocycles. The first-order chi connectivity index (χ1) is 16.0. The molecule has 3 saturated heterocycles. The molecule has 3 rings (SSSR count). The van der Waals surface area contributed by atoms with Crippen LogP contribution in [0.1, 0.15) is 0 Å². The molecule has 11 N–H and O–H groups in total. The highest BCUT2D eigenvalue weighted by atomic mass is 16.8. The zero-order chi connectivity index (χ0) is 25.3. The van der Waals surface area contributed by atoms with E-state index in [2.05, 4.69) is 0 Å². The molecule has 1 unspecified atom stereocenters. The summed E-state index contributed by atoms with van der Waals surface area (Å²) in [5.41, 5.74) is 0. The summed E-state index contributed by atoms with van der Waals surface area (Å²) >= 11 is 0. The molecule has 16 heteroatoms. The van der Waals surface area contributed by atoms with Crippen molar-refractivity contribution in [2.75, 3.05) is 19.8 Å². The fourth-order valence-electron chi connectivity index (χ4n) is 4.03. The maximum atomic E-state index is 10.6. The van der Waals surface area contributed by atoms with Crippen LogP contribution >= 0.6 is 0 Å². The molecular weight excluding hydrogens is 472 g/mol. The second-order valence-electron chi connectivity index (χ2n) is 8.33. The Kier molecular flexibility index (Phi) is 9.54. The van der Waals surface area contributed by atoms with Crippen molar-refractivity contribution in [1.82, 2.24) is 0 Å². The molecule has 0 radical (unpaired) electrons. The van der Waals surface area contributed by atoms with E-state index in [0.717, 1.165) is 0 Å². The fraction of sp³-hybridized carbons (Fsp3) is 1.00. The van der Waals surface area contributed by atoms with E-state index in [1.54, 1.807) is 0 Å². The molecule has 3 aliphatic rings. The minimum atomic E-state index is -1.94. The van der Waals surface area contributed by atoms with Crippen LogP contribution in [0.4, 0.5) is 0 Å². The summed E-state index contributed by atoms with van der Waals surface area (Å²) in [5.74, 6) is 0. The van der Waals surface area contributed by atoms with Crippen molar-refractivity contribution in [3.63, 3.8) is 0 Å². The van der Waals surface area contributed by atoms with E-state index < -0.39 is 112 Å². The fourth-order valence-corrected chi connectivity index (χ4v) is 4.03. The number of hydrogen-bond acceptors (Lipinski definition) is 16. The van der Waals surface area contributed by atoms with Crippen LogP contribution in [0.25, 0.3) is 0 Å². The Morgan fingerprint density at radius 3 is 1.24 bits per heavy atom. The summed E-state index contributed by atoms with van der Waals surface area (Å²) < 4.78 is 26.5. The summed E-state index contributed by atoms with van der Waals surface area (Å²) in [5, 5.41) is 109. The van der Waals surface area contributed by atoms with Crippen LogP contribution in [-0.2, 0) is 23.7 Å². The Morgan fingerprint density at radius 2 is 0.824 bits per heavy atom. The van der Waals surface area contributed by atoms with Gasteiger partial charge >= 0.3 is 0 Å². The first kappa shape index (κ1) is 27.9. The summed E-state index contributed by atoms with van der Waals surface area (Å²) in [6, 6.07) is 0. The van der Waals surface area contributed by atoms with Crippen LogP contribution in [-0.4, -0.2) is 168 Å². The van der Waals surface area contributed by atoms with Crippen molar-refractivity contribution in [2.24, 2.45) is 0 Å². The van der Waals surface area contributed by atoms with E-state index in [0.29, 0.717) is 0 Å². The lowest BCUT2D eigenvalue weighted by atomic mass is 9.96. The topological polar surface area (TPSA) is 269 Å². The van der Waals surface area contributed by atoms with Gasteiger partial charge in [0, 0.05) is 0 Å². The quantitative estimate of drug-likeness (QED) is 0.154. The summed E-state index contributed by atoms with van der Waals surface area (Å²) in [6.07, 6.45) is -25.6. The highest BCUT2D eigenvalue weighted by Gasteiger charge is 2.53. The average molecular weight is 504 g/mol. The van der Waals surface area contributed by atoms with Gasteiger partial charge in [0.15, 0.2) is 18.9 Å². The third kappa shape index (κ3) is 5.37. The number of ether oxygens (including phenoxy) is 5. The monoisotopic (exact) mass is 504 g/mol. The van der Waals surface area contributed by atoms with E-state index in [9.17, 15) is 56.2 Å². The SMILES string of the molecule is OC[C@H]1OC(O)[C@H](O[C@H]2O[C@H](CO)[C@@H](O)[C@H](O)[C@H]2O)[C@@H](O[C@@H]2O[C@H](CO)[C@@H](O)[C@H](O)[C@H]2O)[C@H]1O. The Labute approximate surface area is 192 Å². The van der Waals surface area contributed by atoms with E-state index in [4.69, 9.17) is 23.7 Å². The van der Waals surface area contributed by atoms with Crippen LogP contribution in [0.2, 0.25) is 0 Å². The predicted octanol–water partition coefficient (Wildman–Crippen LogP) is -7.57. The van der Waals surface area contributed by atoms with Gasteiger partial charge in [0.1, 0.15) is 73.2 Å². The zero-order valence-corrected chi connectivity index (χ0v) is 17.7. The molecule has 0 aliphatic carbocycles. The molecule has 3 heterocycles. The Morgan fingerprint density at radius 1 is 0.441 bits per heavy atom. The summed E-state index contributed by atoms with van der Waals surface area (Å²) in [7, 11) is 0. The van der Waals surface area contributed by atoms with Gasteiger partial charge in [-0.2, -0.15) is 0 Å². The van der Waals surface area contributed by atoms with Gasteiger partial charge in [-0.05, 0) is 0 Å². The molecule has 0 saturated carbocycles. The highest BCUT2D eigenvalue weighted by Crippen LogP contribution is 2.32. The summed E-state index contributed by atoms with van der Waals surface area (Å²) in [6.45, 7) is -2.33. The van der Waals surface area contributed by atoms with Gasteiger partial charge in [-0.25, -0.2) is 0 Å². The van der Waals surface area contributed by atoms with Crippen molar-refractivity contribution in [3.05, 3.63) is 0 Å². The molecule has 34 heavy (non-hydrogen) atoms. The summed E-state index contributed by atoms with van der Waals surface area (Å²) in [4.78, 5) is 0. The normalized spacial score (nSPS) is 52.5. The van der Waals surface area contributed by atoms with Crippen LogP contribution in [0.3, 0.4) is 0 Å². The third-order valence-corrected chi connectivity index (χ3v) is 6.10. The first-order valence-electron chi connectivity index (χ1n) is 10.6. The first-order valence-corrected chi connectivity index (χ1v) is 10.6. The molecule has 0 amide bonds. The minimum Gasteiger partial charge on any atom is -0.394 e. The average Bonchev–Trinajstić information content (AvgIpc) is 2.83. The van der Waals surface area contributed by atoms with Crippen LogP contribution < -0.4 is 0 Å². The molecule has 0 aromatic carbocycles. The number of rotatable bonds is 7. The zero-order valence-electron chi connectivity index (χ0n) is 17.7. The van der Waals surface area contributed by atoms with Crippen LogP contribution in [0, 0.1) is 0 Å². The van der Waals surface area contributed by atoms with Gasteiger partial charge < -0.3 is 79.9 Å². The molecule has 0 bridgehead atoms. The maximum absolute atomic E-state index is 10.6. The van der Waals surface area contributed by atoms with Crippen molar-refractivity contribution in [3.8, 4) is 0 Å². The number of aliphatic hydroxyl groups excluding tert-OH is 11. The third-order valence-electron chi connectivity index (χ3n) is 6.10. The van der Waals surface area contributed by atoms with Gasteiger partial charge in [0.2, 0.25) is 0 Å². The molecule has 0 aromatic rings. The van der Waals surface area contributed by atoms with Gasteiger partial charge in [0.25, 0.3) is 0 Å². The number of aliphatic hydroxyl groups is 11.